The maximum Gasteiger partial charge on any atom is 0.146 e. The van der Waals surface area contributed by atoms with Gasteiger partial charge in [0.2, 0.25) is 0 Å². The van der Waals surface area contributed by atoms with E-state index in [1.807, 2.05) is 6.92 Å². The van der Waals surface area contributed by atoms with Gasteiger partial charge in [-0.25, -0.2) is 18.7 Å². The summed E-state index contributed by atoms with van der Waals surface area (Å²) < 4.78 is 26.8. The fourth-order valence-electron chi connectivity index (χ4n) is 1.71. The van der Waals surface area contributed by atoms with Crippen molar-refractivity contribution >= 4 is 23.1 Å². The number of rotatable bonds is 4. The van der Waals surface area contributed by atoms with Gasteiger partial charge in [0.25, 0.3) is 0 Å². The monoisotopic (exact) mass is 297 g/mol. The molecule has 0 radical (unpaired) electrons. The second-order valence-electron chi connectivity index (χ2n) is 4.40. The van der Waals surface area contributed by atoms with Crippen LogP contribution in [-0.4, -0.2) is 9.97 Å². The SMILES string of the molecule is CCCc1nc(Cl)c(C)c(Nc2cc(F)ccc2F)n1. The zero-order valence-corrected chi connectivity index (χ0v) is 11.9. The van der Waals surface area contributed by atoms with Crippen LogP contribution in [0.5, 0.6) is 0 Å². The highest BCUT2D eigenvalue weighted by Gasteiger charge is 2.11. The molecule has 1 aromatic carbocycles. The average Bonchev–Trinajstić information content (AvgIpc) is 2.40. The molecule has 2 aromatic rings. The van der Waals surface area contributed by atoms with E-state index in [9.17, 15) is 8.78 Å². The highest BCUT2D eigenvalue weighted by Crippen LogP contribution is 2.25. The highest BCUT2D eigenvalue weighted by atomic mass is 35.5. The van der Waals surface area contributed by atoms with E-state index in [4.69, 9.17) is 11.6 Å². The summed E-state index contributed by atoms with van der Waals surface area (Å²) in [5, 5.41) is 3.08. The molecule has 2 rings (SSSR count). The van der Waals surface area contributed by atoms with Gasteiger partial charge < -0.3 is 5.32 Å². The molecule has 20 heavy (non-hydrogen) atoms. The summed E-state index contributed by atoms with van der Waals surface area (Å²) in [7, 11) is 0. The number of hydrogen-bond acceptors (Lipinski definition) is 3. The quantitative estimate of drug-likeness (QED) is 0.849. The zero-order chi connectivity index (χ0) is 14.7. The fraction of sp³-hybridized carbons (Fsp3) is 0.286. The van der Waals surface area contributed by atoms with Crippen molar-refractivity contribution in [1.82, 2.24) is 9.97 Å². The van der Waals surface area contributed by atoms with Crippen LogP contribution in [0.25, 0.3) is 0 Å². The lowest BCUT2D eigenvalue weighted by Crippen LogP contribution is -2.05. The van der Waals surface area contributed by atoms with Crippen molar-refractivity contribution in [2.24, 2.45) is 0 Å². The molecule has 1 heterocycles. The molecule has 0 fully saturated rings. The van der Waals surface area contributed by atoms with Gasteiger partial charge in [-0.05, 0) is 25.5 Å². The van der Waals surface area contributed by atoms with E-state index in [0.717, 1.165) is 24.6 Å². The molecule has 106 valence electrons. The third kappa shape index (κ3) is 3.22. The Balaban J connectivity index is 2.39. The van der Waals surface area contributed by atoms with Crippen LogP contribution in [0.4, 0.5) is 20.3 Å². The topological polar surface area (TPSA) is 37.8 Å². The second kappa shape index (κ2) is 6.13. The Bertz CT molecular complexity index is 632. The van der Waals surface area contributed by atoms with E-state index in [1.165, 1.54) is 0 Å². The van der Waals surface area contributed by atoms with Crippen LogP contribution in [-0.2, 0) is 6.42 Å². The summed E-state index contributed by atoms with van der Waals surface area (Å²) in [4.78, 5) is 8.44. The normalized spacial score (nSPS) is 10.7. The van der Waals surface area contributed by atoms with Crippen molar-refractivity contribution in [2.45, 2.75) is 26.7 Å². The molecule has 0 spiro atoms. The third-order valence-electron chi connectivity index (χ3n) is 2.79. The van der Waals surface area contributed by atoms with Crippen LogP contribution in [0.2, 0.25) is 5.15 Å². The maximum absolute atomic E-state index is 13.6. The molecular formula is C14H14ClF2N3. The smallest absolute Gasteiger partial charge is 0.146 e. The zero-order valence-electron chi connectivity index (χ0n) is 11.2. The van der Waals surface area contributed by atoms with E-state index in [-0.39, 0.29) is 5.69 Å². The van der Waals surface area contributed by atoms with Gasteiger partial charge in [0.1, 0.15) is 28.4 Å². The summed E-state index contributed by atoms with van der Waals surface area (Å²) in [5.41, 5.74) is 0.612. The lowest BCUT2D eigenvalue weighted by atomic mass is 10.2. The lowest BCUT2D eigenvalue weighted by Gasteiger charge is -2.12. The van der Waals surface area contributed by atoms with Gasteiger partial charge >= 0.3 is 0 Å². The molecular weight excluding hydrogens is 284 g/mol. The first-order chi connectivity index (χ1) is 9.51. The van der Waals surface area contributed by atoms with Crippen LogP contribution >= 0.6 is 11.6 Å². The predicted molar refractivity (Wildman–Crippen MR) is 75.4 cm³/mol. The molecule has 0 bridgehead atoms. The van der Waals surface area contributed by atoms with Crippen LogP contribution < -0.4 is 5.32 Å². The average molecular weight is 298 g/mol. The van der Waals surface area contributed by atoms with Gasteiger partial charge in [0, 0.05) is 18.1 Å². The highest BCUT2D eigenvalue weighted by molar-refractivity contribution is 6.30. The van der Waals surface area contributed by atoms with Crippen LogP contribution in [0.3, 0.4) is 0 Å². The number of halogens is 3. The van der Waals surface area contributed by atoms with E-state index < -0.39 is 11.6 Å². The number of aryl methyl sites for hydroxylation is 1. The number of nitrogens with one attached hydrogen (secondary N) is 1. The van der Waals surface area contributed by atoms with Gasteiger partial charge in [-0.3, -0.25) is 0 Å². The largest absolute Gasteiger partial charge is 0.337 e. The van der Waals surface area contributed by atoms with Crippen molar-refractivity contribution in [3.8, 4) is 0 Å². The third-order valence-corrected chi connectivity index (χ3v) is 3.16. The lowest BCUT2D eigenvalue weighted by molar-refractivity contribution is 0.603. The summed E-state index contributed by atoms with van der Waals surface area (Å²) in [6.07, 6.45) is 1.54. The fourth-order valence-corrected chi connectivity index (χ4v) is 1.90. The number of aromatic nitrogens is 2. The maximum atomic E-state index is 13.6. The first-order valence-corrected chi connectivity index (χ1v) is 6.64. The number of hydrogen-bond donors (Lipinski definition) is 1. The van der Waals surface area contributed by atoms with Crippen molar-refractivity contribution in [3.05, 3.63) is 46.4 Å². The standard InChI is InChI=1S/C14H14ClF2N3/c1-3-4-12-19-13(15)8(2)14(20-12)18-11-7-9(16)5-6-10(11)17/h5-7H,3-4H2,1-2H3,(H,18,19,20). The van der Waals surface area contributed by atoms with Crippen molar-refractivity contribution in [3.63, 3.8) is 0 Å². The Morgan fingerprint density at radius 1 is 1.25 bits per heavy atom. The Hall–Kier alpha value is -1.75. The number of nitrogens with zero attached hydrogens (tertiary/aromatic N) is 2. The summed E-state index contributed by atoms with van der Waals surface area (Å²) in [5.74, 6) is -0.126. The Kier molecular flexibility index (Phi) is 4.49. The van der Waals surface area contributed by atoms with Gasteiger partial charge in [0.15, 0.2) is 0 Å². The van der Waals surface area contributed by atoms with Gasteiger partial charge in [-0.15, -0.1) is 0 Å². The Morgan fingerprint density at radius 3 is 2.70 bits per heavy atom. The number of anilines is 2. The van der Waals surface area contributed by atoms with Crippen molar-refractivity contribution < 1.29 is 8.78 Å². The molecule has 0 aliphatic carbocycles. The Labute approximate surface area is 121 Å². The first kappa shape index (κ1) is 14.7. The van der Waals surface area contributed by atoms with Gasteiger partial charge in [-0.2, -0.15) is 0 Å². The minimum absolute atomic E-state index is 0.0188. The molecule has 0 amide bonds. The van der Waals surface area contributed by atoms with Crippen LogP contribution in [0.1, 0.15) is 24.7 Å². The molecule has 0 saturated carbocycles. The molecule has 0 atom stereocenters. The van der Waals surface area contributed by atoms with E-state index in [2.05, 4.69) is 15.3 Å². The van der Waals surface area contributed by atoms with Crippen LogP contribution in [0, 0.1) is 18.6 Å². The molecule has 3 nitrogen and oxygen atoms in total. The number of benzene rings is 1. The summed E-state index contributed by atoms with van der Waals surface area (Å²) in [6.45, 7) is 3.72. The van der Waals surface area contributed by atoms with E-state index in [0.29, 0.717) is 28.8 Å². The van der Waals surface area contributed by atoms with Crippen molar-refractivity contribution in [1.29, 1.82) is 0 Å². The minimum Gasteiger partial charge on any atom is -0.337 e. The van der Waals surface area contributed by atoms with Crippen molar-refractivity contribution in [2.75, 3.05) is 5.32 Å². The molecule has 0 saturated heterocycles. The first-order valence-electron chi connectivity index (χ1n) is 6.26. The van der Waals surface area contributed by atoms with Gasteiger partial charge in [-0.1, -0.05) is 18.5 Å². The predicted octanol–water partition coefficient (Wildman–Crippen LogP) is 4.41. The second-order valence-corrected chi connectivity index (χ2v) is 4.76. The summed E-state index contributed by atoms with van der Waals surface area (Å²) >= 11 is 6.03. The molecule has 0 unspecified atom stereocenters. The molecule has 1 N–H and O–H groups in total. The van der Waals surface area contributed by atoms with Gasteiger partial charge in [0.05, 0.1) is 5.69 Å². The minimum atomic E-state index is -0.558. The summed E-state index contributed by atoms with van der Waals surface area (Å²) in [6, 6.07) is 3.19. The Morgan fingerprint density at radius 2 is 2.00 bits per heavy atom. The molecule has 1 aromatic heterocycles. The molecule has 6 heteroatoms. The van der Waals surface area contributed by atoms with E-state index >= 15 is 0 Å². The molecule has 0 aliphatic heterocycles. The van der Waals surface area contributed by atoms with Crippen LogP contribution in [0.15, 0.2) is 18.2 Å². The molecule has 0 aliphatic rings. The van der Waals surface area contributed by atoms with E-state index in [1.54, 1.807) is 6.92 Å².